The molecule has 0 saturated carbocycles. The zero-order valence-corrected chi connectivity index (χ0v) is 8.68. The average Bonchev–Trinajstić information content (AvgIpc) is 2.65. The maximum atomic E-state index is 9.05. The van der Waals surface area contributed by atoms with Crippen LogP contribution >= 0.6 is 0 Å². The largest absolute Gasteiger partial charge is 0.488 e. The van der Waals surface area contributed by atoms with E-state index in [0.29, 0.717) is 16.8 Å². The Morgan fingerprint density at radius 3 is 2.50 bits per heavy atom. The molecule has 0 fully saturated rings. The van der Waals surface area contributed by atoms with Crippen LogP contribution in [0.1, 0.15) is 11.3 Å². The van der Waals surface area contributed by atoms with Crippen LogP contribution in [0.25, 0.3) is 23.1 Å². The Morgan fingerprint density at radius 2 is 1.94 bits per heavy atom. The second-order valence-corrected chi connectivity index (χ2v) is 3.42. The van der Waals surface area contributed by atoms with Crippen LogP contribution in [0.3, 0.4) is 0 Å². The number of benzene rings is 1. The molecule has 0 aliphatic rings. The molecule has 0 unspecified atom stereocenters. The first-order chi connectivity index (χ1) is 7.67. The van der Waals surface area contributed by atoms with Gasteiger partial charge in [0, 0.05) is 10.9 Å². The highest BCUT2D eigenvalue weighted by molar-refractivity contribution is 6.58. The van der Waals surface area contributed by atoms with Gasteiger partial charge in [-0.25, -0.2) is 0 Å². The standard InChI is InChI=1S/C12H11BO3/c1-3-9-10-6-5-8(13(14)15)7-12(10)16-11(9)4-2/h3-7,14-15H,1-2H2. The van der Waals surface area contributed by atoms with Crippen LogP contribution in [-0.2, 0) is 0 Å². The van der Waals surface area contributed by atoms with E-state index in [9.17, 15) is 0 Å². The van der Waals surface area contributed by atoms with Gasteiger partial charge in [-0.05, 0) is 17.6 Å². The minimum Gasteiger partial charge on any atom is -0.456 e. The Morgan fingerprint density at radius 1 is 1.19 bits per heavy atom. The van der Waals surface area contributed by atoms with E-state index in [1.807, 2.05) is 0 Å². The fraction of sp³-hybridized carbons (Fsp3) is 0. The molecule has 0 atom stereocenters. The van der Waals surface area contributed by atoms with Gasteiger partial charge in [0.15, 0.2) is 0 Å². The van der Waals surface area contributed by atoms with Crippen molar-refractivity contribution in [3.05, 3.63) is 42.7 Å². The molecular formula is C12H11BO3. The third-order valence-corrected chi connectivity index (χ3v) is 2.47. The molecule has 2 rings (SSSR count). The van der Waals surface area contributed by atoms with Gasteiger partial charge < -0.3 is 14.5 Å². The molecule has 2 aromatic rings. The fourth-order valence-electron chi connectivity index (χ4n) is 1.67. The highest BCUT2D eigenvalue weighted by Gasteiger charge is 2.15. The molecule has 4 heteroatoms. The molecule has 0 amide bonds. The van der Waals surface area contributed by atoms with Crippen molar-refractivity contribution in [1.29, 1.82) is 0 Å². The Bertz CT molecular complexity index is 555. The third kappa shape index (κ3) is 1.58. The van der Waals surface area contributed by atoms with Crippen molar-refractivity contribution in [2.45, 2.75) is 0 Å². The topological polar surface area (TPSA) is 53.6 Å². The van der Waals surface area contributed by atoms with E-state index in [2.05, 4.69) is 13.2 Å². The molecule has 3 nitrogen and oxygen atoms in total. The number of hydrogen-bond acceptors (Lipinski definition) is 3. The second-order valence-electron chi connectivity index (χ2n) is 3.42. The summed E-state index contributed by atoms with van der Waals surface area (Å²) in [5.74, 6) is 0.634. The zero-order valence-electron chi connectivity index (χ0n) is 8.68. The lowest BCUT2D eigenvalue weighted by Gasteiger charge is -1.97. The second kappa shape index (κ2) is 4.00. The first kappa shape index (κ1) is 10.7. The van der Waals surface area contributed by atoms with Crippen LogP contribution in [0.5, 0.6) is 0 Å². The zero-order chi connectivity index (χ0) is 11.7. The van der Waals surface area contributed by atoms with E-state index in [0.717, 1.165) is 10.9 Å². The van der Waals surface area contributed by atoms with Crippen molar-refractivity contribution in [1.82, 2.24) is 0 Å². The first-order valence-electron chi connectivity index (χ1n) is 4.85. The maximum absolute atomic E-state index is 9.05. The van der Waals surface area contributed by atoms with Gasteiger partial charge in [0.1, 0.15) is 11.3 Å². The molecule has 0 aliphatic heterocycles. The van der Waals surface area contributed by atoms with E-state index in [-0.39, 0.29) is 0 Å². The maximum Gasteiger partial charge on any atom is 0.488 e. The number of fused-ring (bicyclic) bond motifs is 1. The van der Waals surface area contributed by atoms with E-state index in [4.69, 9.17) is 14.5 Å². The summed E-state index contributed by atoms with van der Waals surface area (Å²) < 4.78 is 5.52. The number of rotatable bonds is 3. The van der Waals surface area contributed by atoms with E-state index < -0.39 is 7.12 Å². The van der Waals surface area contributed by atoms with Crippen molar-refractivity contribution >= 4 is 35.7 Å². The minimum absolute atomic E-state index is 0.396. The predicted molar refractivity (Wildman–Crippen MR) is 66.2 cm³/mol. The summed E-state index contributed by atoms with van der Waals surface area (Å²) in [5.41, 5.74) is 1.85. The Kier molecular flexibility index (Phi) is 2.68. The van der Waals surface area contributed by atoms with Crippen molar-refractivity contribution < 1.29 is 14.5 Å². The van der Waals surface area contributed by atoms with Gasteiger partial charge in [-0.3, -0.25) is 0 Å². The molecule has 0 aliphatic carbocycles. The normalized spacial score (nSPS) is 10.4. The van der Waals surface area contributed by atoms with Gasteiger partial charge in [-0.1, -0.05) is 31.4 Å². The van der Waals surface area contributed by atoms with Crippen LogP contribution in [0.15, 0.2) is 35.8 Å². The lowest BCUT2D eigenvalue weighted by atomic mass is 9.80. The van der Waals surface area contributed by atoms with Crippen molar-refractivity contribution in [2.75, 3.05) is 0 Å². The molecule has 0 saturated heterocycles. The lowest BCUT2D eigenvalue weighted by Crippen LogP contribution is -2.29. The van der Waals surface area contributed by atoms with Crippen LogP contribution in [0.4, 0.5) is 0 Å². The van der Waals surface area contributed by atoms with E-state index in [1.54, 1.807) is 30.4 Å². The summed E-state index contributed by atoms with van der Waals surface area (Å²) in [5, 5.41) is 19.0. The molecule has 1 heterocycles. The van der Waals surface area contributed by atoms with Crippen LogP contribution in [0, 0.1) is 0 Å². The lowest BCUT2D eigenvalue weighted by molar-refractivity contribution is 0.425. The Labute approximate surface area is 93.5 Å². The summed E-state index contributed by atoms with van der Waals surface area (Å²) in [6, 6.07) is 5.01. The SMILES string of the molecule is C=Cc1oc2cc(B(O)O)ccc2c1C=C. The molecule has 0 radical (unpaired) electrons. The smallest absolute Gasteiger partial charge is 0.456 e. The van der Waals surface area contributed by atoms with Crippen LogP contribution in [-0.4, -0.2) is 17.2 Å². The third-order valence-electron chi connectivity index (χ3n) is 2.47. The first-order valence-corrected chi connectivity index (χ1v) is 4.85. The molecule has 0 bridgehead atoms. The summed E-state index contributed by atoms with van der Waals surface area (Å²) >= 11 is 0. The van der Waals surface area contributed by atoms with Gasteiger partial charge >= 0.3 is 7.12 Å². The van der Waals surface area contributed by atoms with Crippen molar-refractivity contribution in [3.63, 3.8) is 0 Å². The van der Waals surface area contributed by atoms with Crippen molar-refractivity contribution in [2.24, 2.45) is 0 Å². The van der Waals surface area contributed by atoms with Gasteiger partial charge in [0.2, 0.25) is 0 Å². The molecule has 16 heavy (non-hydrogen) atoms. The summed E-state index contributed by atoms with van der Waals surface area (Å²) in [4.78, 5) is 0. The highest BCUT2D eigenvalue weighted by Crippen LogP contribution is 2.26. The molecule has 2 N–H and O–H groups in total. The van der Waals surface area contributed by atoms with Crippen LogP contribution in [0.2, 0.25) is 0 Å². The molecule has 0 spiro atoms. The molecular weight excluding hydrogens is 203 g/mol. The van der Waals surface area contributed by atoms with Gasteiger partial charge in [-0.2, -0.15) is 0 Å². The van der Waals surface area contributed by atoms with Crippen LogP contribution < -0.4 is 5.46 Å². The Balaban J connectivity index is 2.72. The summed E-state index contributed by atoms with van der Waals surface area (Å²) in [7, 11) is -1.49. The summed E-state index contributed by atoms with van der Waals surface area (Å²) in [6.45, 7) is 7.36. The summed E-state index contributed by atoms with van der Waals surface area (Å²) in [6.07, 6.45) is 3.30. The quantitative estimate of drug-likeness (QED) is 0.759. The molecule has 1 aromatic carbocycles. The number of hydrogen-bond donors (Lipinski definition) is 2. The Hall–Kier alpha value is -1.78. The van der Waals surface area contributed by atoms with Crippen molar-refractivity contribution in [3.8, 4) is 0 Å². The van der Waals surface area contributed by atoms with E-state index >= 15 is 0 Å². The molecule has 80 valence electrons. The molecule has 1 aromatic heterocycles. The van der Waals surface area contributed by atoms with E-state index in [1.165, 1.54) is 0 Å². The van der Waals surface area contributed by atoms with Gasteiger partial charge in [-0.15, -0.1) is 0 Å². The monoisotopic (exact) mass is 214 g/mol. The fourth-order valence-corrected chi connectivity index (χ4v) is 1.67. The van der Waals surface area contributed by atoms with Gasteiger partial charge in [0.25, 0.3) is 0 Å². The predicted octanol–water partition coefficient (Wildman–Crippen LogP) is 1.40. The highest BCUT2D eigenvalue weighted by atomic mass is 16.4. The van der Waals surface area contributed by atoms with Gasteiger partial charge in [0.05, 0.1) is 0 Å². The average molecular weight is 214 g/mol. The number of furan rings is 1. The minimum atomic E-state index is -1.49.